The normalized spacial score (nSPS) is 11.2. The highest BCUT2D eigenvalue weighted by atomic mass is 35.5. The summed E-state index contributed by atoms with van der Waals surface area (Å²) in [7, 11) is 0. The molecule has 0 saturated heterocycles. The second kappa shape index (κ2) is 6.67. The van der Waals surface area contributed by atoms with Crippen molar-refractivity contribution < 1.29 is 13.2 Å². The van der Waals surface area contributed by atoms with Crippen LogP contribution in [0.25, 0.3) is 0 Å². The van der Waals surface area contributed by atoms with E-state index < -0.39 is 12.7 Å². The molecule has 0 heterocycles. The van der Waals surface area contributed by atoms with Gasteiger partial charge in [-0.1, -0.05) is 13.0 Å². The lowest BCUT2D eigenvalue weighted by molar-refractivity contribution is -0.119. The first-order valence-electron chi connectivity index (χ1n) is 5.82. The molecule has 0 aliphatic heterocycles. The number of nitrogens with zero attached hydrogens (tertiary/aromatic N) is 2. The van der Waals surface area contributed by atoms with Crippen LogP contribution in [0.2, 0.25) is 0 Å². The van der Waals surface area contributed by atoms with Crippen molar-refractivity contribution in [1.82, 2.24) is 0 Å². The molecule has 0 aliphatic carbocycles. The average molecular weight is 291 g/mol. The molecular weight excluding hydrogens is 277 g/mol. The number of benzene rings is 1. The lowest BCUT2D eigenvalue weighted by Crippen LogP contribution is -2.35. The van der Waals surface area contributed by atoms with Gasteiger partial charge in [0.15, 0.2) is 0 Å². The molecule has 0 amide bonds. The third-order valence-electron chi connectivity index (χ3n) is 2.54. The Morgan fingerprint density at radius 1 is 1.37 bits per heavy atom. The molecular formula is C13H14ClF3N2. The zero-order valence-corrected chi connectivity index (χ0v) is 11.2. The van der Waals surface area contributed by atoms with Crippen LogP contribution in [0.3, 0.4) is 0 Å². The van der Waals surface area contributed by atoms with Crippen LogP contribution in [0.1, 0.15) is 24.5 Å². The van der Waals surface area contributed by atoms with Crippen molar-refractivity contribution in [2.75, 3.05) is 18.0 Å². The Bertz CT molecular complexity index is 466. The van der Waals surface area contributed by atoms with Crippen LogP contribution in [0.4, 0.5) is 18.9 Å². The van der Waals surface area contributed by atoms with Gasteiger partial charge >= 0.3 is 6.18 Å². The van der Waals surface area contributed by atoms with Gasteiger partial charge in [0.1, 0.15) is 12.6 Å². The Morgan fingerprint density at radius 2 is 2.05 bits per heavy atom. The van der Waals surface area contributed by atoms with Crippen molar-refractivity contribution >= 4 is 17.3 Å². The molecule has 0 saturated carbocycles. The number of rotatable bonds is 5. The van der Waals surface area contributed by atoms with Gasteiger partial charge < -0.3 is 4.90 Å². The maximum absolute atomic E-state index is 12.6. The predicted octanol–water partition coefficient (Wildman–Crippen LogP) is 4.08. The second-order valence-corrected chi connectivity index (χ2v) is 4.40. The van der Waals surface area contributed by atoms with E-state index in [9.17, 15) is 13.2 Å². The topological polar surface area (TPSA) is 27.0 Å². The Hall–Kier alpha value is -1.41. The molecule has 1 rings (SSSR count). The van der Waals surface area contributed by atoms with Crippen molar-refractivity contribution in [3.05, 3.63) is 29.3 Å². The molecule has 1 aromatic carbocycles. The Kier molecular flexibility index (Phi) is 5.49. The largest absolute Gasteiger partial charge is 0.405 e. The average Bonchev–Trinajstić information content (AvgIpc) is 2.36. The molecule has 2 nitrogen and oxygen atoms in total. The Morgan fingerprint density at radius 3 is 2.53 bits per heavy atom. The van der Waals surface area contributed by atoms with E-state index in [2.05, 4.69) is 0 Å². The molecule has 0 atom stereocenters. The lowest BCUT2D eigenvalue weighted by Gasteiger charge is -2.26. The molecule has 0 fully saturated rings. The third-order valence-corrected chi connectivity index (χ3v) is 2.85. The van der Waals surface area contributed by atoms with Gasteiger partial charge in [-0.2, -0.15) is 18.4 Å². The van der Waals surface area contributed by atoms with Crippen molar-refractivity contribution in [2.24, 2.45) is 0 Å². The molecule has 0 unspecified atom stereocenters. The summed E-state index contributed by atoms with van der Waals surface area (Å²) in [5.74, 6) is 0.224. The molecule has 1 aromatic rings. The summed E-state index contributed by atoms with van der Waals surface area (Å²) in [6.45, 7) is 0.979. The highest BCUT2D eigenvalue weighted by Crippen LogP contribution is 2.26. The van der Waals surface area contributed by atoms with E-state index in [0.29, 0.717) is 17.7 Å². The van der Waals surface area contributed by atoms with Gasteiger partial charge in [-0.25, -0.2) is 0 Å². The number of hydrogen-bond acceptors (Lipinski definition) is 2. The quantitative estimate of drug-likeness (QED) is 0.764. The van der Waals surface area contributed by atoms with E-state index in [-0.39, 0.29) is 18.0 Å². The standard InChI is InChI=1S/C13H14ClF3N2/c1-2-5-19(9-13(15,16)17)12-4-3-10(7-14)6-11(12)8-18/h3-4,6H,2,5,7,9H2,1H3. The summed E-state index contributed by atoms with van der Waals surface area (Å²) in [6, 6.07) is 6.62. The maximum atomic E-state index is 12.6. The predicted molar refractivity (Wildman–Crippen MR) is 69.3 cm³/mol. The fourth-order valence-electron chi connectivity index (χ4n) is 1.80. The minimum Gasteiger partial charge on any atom is -0.362 e. The van der Waals surface area contributed by atoms with Crippen LogP contribution in [0.15, 0.2) is 18.2 Å². The minimum absolute atomic E-state index is 0.218. The van der Waals surface area contributed by atoms with Gasteiger partial charge in [-0.15, -0.1) is 11.6 Å². The number of nitriles is 1. The molecule has 0 N–H and O–H groups in total. The van der Waals surface area contributed by atoms with Crippen LogP contribution >= 0.6 is 11.6 Å². The van der Waals surface area contributed by atoms with E-state index in [1.807, 2.05) is 6.07 Å². The molecule has 0 spiro atoms. The van der Waals surface area contributed by atoms with Crippen molar-refractivity contribution in [3.63, 3.8) is 0 Å². The summed E-state index contributed by atoms with van der Waals surface area (Å²) in [6.07, 6.45) is -3.73. The molecule has 0 aromatic heterocycles. The molecule has 104 valence electrons. The Labute approximate surface area is 115 Å². The fraction of sp³-hybridized carbons (Fsp3) is 0.462. The van der Waals surface area contributed by atoms with Gasteiger partial charge in [0.25, 0.3) is 0 Å². The van der Waals surface area contributed by atoms with Gasteiger partial charge in [-0.3, -0.25) is 0 Å². The second-order valence-electron chi connectivity index (χ2n) is 4.13. The van der Waals surface area contributed by atoms with Gasteiger partial charge in [-0.05, 0) is 24.1 Å². The van der Waals surface area contributed by atoms with Crippen molar-refractivity contribution in [2.45, 2.75) is 25.4 Å². The van der Waals surface area contributed by atoms with Crippen LogP contribution in [-0.2, 0) is 5.88 Å². The van der Waals surface area contributed by atoms with Crippen LogP contribution in [0.5, 0.6) is 0 Å². The zero-order chi connectivity index (χ0) is 14.5. The van der Waals surface area contributed by atoms with Gasteiger partial charge in [0.2, 0.25) is 0 Å². The highest BCUT2D eigenvalue weighted by molar-refractivity contribution is 6.17. The number of halogens is 4. The molecule has 6 heteroatoms. The highest BCUT2D eigenvalue weighted by Gasteiger charge is 2.31. The number of hydrogen-bond donors (Lipinski definition) is 0. The van der Waals surface area contributed by atoms with E-state index >= 15 is 0 Å². The smallest absolute Gasteiger partial charge is 0.362 e. The van der Waals surface area contributed by atoms with E-state index in [1.54, 1.807) is 13.0 Å². The maximum Gasteiger partial charge on any atom is 0.405 e. The van der Waals surface area contributed by atoms with Crippen LogP contribution in [-0.4, -0.2) is 19.3 Å². The van der Waals surface area contributed by atoms with E-state index in [1.165, 1.54) is 17.0 Å². The van der Waals surface area contributed by atoms with Gasteiger partial charge in [0.05, 0.1) is 11.3 Å². The number of alkyl halides is 4. The zero-order valence-electron chi connectivity index (χ0n) is 10.5. The molecule has 0 aliphatic rings. The summed E-state index contributed by atoms with van der Waals surface area (Å²) >= 11 is 5.65. The van der Waals surface area contributed by atoms with Crippen molar-refractivity contribution in [1.29, 1.82) is 5.26 Å². The SMILES string of the molecule is CCCN(CC(F)(F)F)c1ccc(CCl)cc1C#N. The van der Waals surface area contributed by atoms with Gasteiger partial charge in [0, 0.05) is 12.4 Å². The molecule has 19 heavy (non-hydrogen) atoms. The first-order chi connectivity index (χ1) is 8.91. The van der Waals surface area contributed by atoms with Crippen molar-refractivity contribution in [3.8, 4) is 6.07 Å². The fourth-order valence-corrected chi connectivity index (χ4v) is 1.97. The summed E-state index contributed by atoms with van der Waals surface area (Å²) in [4.78, 5) is 1.18. The summed E-state index contributed by atoms with van der Waals surface area (Å²) in [5.41, 5.74) is 1.23. The van der Waals surface area contributed by atoms with E-state index in [4.69, 9.17) is 16.9 Å². The summed E-state index contributed by atoms with van der Waals surface area (Å²) in [5, 5.41) is 9.05. The van der Waals surface area contributed by atoms with E-state index in [0.717, 1.165) is 0 Å². The van der Waals surface area contributed by atoms with Crippen LogP contribution < -0.4 is 4.90 Å². The molecule has 0 radical (unpaired) electrons. The first-order valence-corrected chi connectivity index (χ1v) is 6.35. The number of anilines is 1. The Balaban J connectivity index is 3.12. The third kappa shape index (κ3) is 4.64. The minimum atomic E-state index is -4.30. The monoisotopic (exact) mass is 290 g/mol. The molecule has 0 bridgehead atoms. The first kappa shape index (κ1) is 15.6. The van der Waals surface area contributed by atoms with Crippen LogP contribution in [0, 0.1) is 11.3 Å². The lowest BCUT2D eigenvalue weighted by atomic mass is 10.1. The summed E-state index contributed by atoms with van der Waals surface area (Å²) < 4.78 is 37.7.